The fraction of sp³-hybridized carbons (Fsp3) is 0. The number of fused-ring (bicyclic) bond motifs is 8. The van der Waals surface area contributed by atoms with E-state index in [0.29, 0.717) is 17.5 Å². The Morgan fingerprint density at radius 1 is 0.283 bits per heavy atom. The molecule has 0 bridgehead atoms. The number of rotatable bonds is 4. The van der Waals surface area contributed by atoms with Crippen molar-refractivity contribution in [3.63, 3.8) is 0 Å². The Morgan fingerprint density at radius 2 is 0.792 bits per heavy atom. The molecule has 1 aliphatic heterocycles. The molecule has 2 heterocycles. The Hall–Kier alpha value is -7.17. The molecule has 9 aromatic carbocycles. The van der Waals surface area contributed by atoms with Crippen LogP contribution in [0.1, 0.15) is 0 Å². The monoisotopic (exact) mass is 675 g/mol. The van der Waals surface area contributed by atoms with Crippen LogP contribution in [0.2, 0.25) is 0 Å². The number of hydrogen-bond donors (Lipinski definition) is 0. The van der Waals surface area contributed by atoms with Gasteiger partial charge in [0.1, 0.15) is 11.5 Å². The Labute approximate surface area is 305 Å². The van der Waals surface area contributed by atoms with Crippen molar-refractivity contribution in [3.05, 3.63) is 176 Å². The maximum atomic E-state index is 6.64. The van der Waals surface area contributed by atoms with Gasteiger partial charge in [0.2, 0.25) is 0 Å². The van der Waals surface area contributed by atoms with Gasteiger partial charge in [-0.2, -0.15) is 0 Å². The van der Waals surface area contributed by atoms with E-state index in [2.05, 4.69) is 103 Å². The van der Waals surface area contributed by atoms with Gasteiger partial charge in [-0.15, -0.1) is 0 Å². The van der Waals surface area contributed by atoms with E-state index in [4.69, 9.17) is 19.7 Å². The largest absolute Gasteiger partial charge is 0.456 e. The van der Waals surface area contributed by atoms with Crippen LogP contribution in [0.3, 0.4) is 0 Å². The topological polar surface area (TPSA) is 47.9 Å². The third kappa shape index (κ3) is 4.73. The highest BCUT2D eigenvalue weighted by atomic mass is 16.5. The van der Waals surface area contributed by atoms with Gasteiger partial charge < -0.3 is 4.74 Å². The van der Waals surface area contributed by atoms with E-state index in [0.717, 1.165) is 50.1 Å². The van der Waals surface area contributed by atoms with Crippen LogP contribution >= 0.6 is 0 Å². The van der Waals surface area contributed by atoms with Crippen LogP contribution < -0.4 is 4.74 Å². The number of hydrogen-bond acceptors (Lipinski definition) is 4. The molecule has 4 nitrogen and oxygen atoms in total. The second-order valence-corrected chi connectivity index (χ2v) is 13.5. The second kappa shape index (κ2) is 11.7. The van der Waals surface area contributed by atoms with Crippen molar-refractivity contribution >= 4 is 43.1 Å². The molecule has 10 aromatic rings. The van der Waals surface area contributed by atoms with Crippen LogP contribution in [0, 0.1) is 0 Å². The molecule has 0 aliphatic carbocycles. The lowest BCUT2D eigenvalue weighted by atomic mass is 9.88. The molecule has 0 spiro atoms. The summed E-state index contributed by atoms with van der Waals surface area (Å²) >= 11 is 0. The number of aromatic nitrogens is 3. The maximum Gasteiger partial charge on any atom is 0.164 e. The predicted octanol–water partition coefficient (Wildman–Crippen LogP) is 12.9. The van der Waals surface area contributed by atoms with Crippen LogP contribution in [0.5, 0.6) is 11.5 Å². The first-order valence-electron chi connectivity index (χ1n) is 17.9. The molecule has 0 saturated carbocycles. The van der Waals surface area contributed by atoms with Crippen LogP contribution in [0.15, 0.2) is 176 Å². The number of nitrogens with zero attached hydrogens (tertiary/aromatic N) is 3. The smallest absolute Gasteiger partial charge is 0.164 e. The molecule has 246 valence electrons. The predicted molar refractivity (Wildman–Crippen MR) is 217 cm³/mol. The lowest BCUT2D eigenvalue weighted by Crippen LogP contribution is -2.01. The standard InChI is InChI=1S/C49H29N3O/c1-3-12-30(13-4-1)47-50-48(31-14-5-2-6-15-31)52-49(51-47)33-23-26-44-43(29-33)41-21-11-20-40-34(25-27-45(53-44)46(40)41)32-22-24-39-37-18-8-7-16-35(37)36-17-9-10-19-38(36)42(39)28-32/h1-29H. The van der Waals surface area contributed by atoms with Crippen molar-refractivity contribution in [2.24, 2.45) is 0 Å². The quantitative estimate of drug-likeness (QED) is 0.174. The van der Waals surface area contributed by atoms with Crippen molar-refractivity contribution in [1.82, 2.24) is 15.0 Å². The molecular weight excluding hydrogens is 647 g/mol. The van der Waals surface area contributed by atoms with Gasteiger partial charge in [0.05, 0.1) is 0 Å². The summed E-state index contributed by atoms with van der Waals surface area (Å²) in [6.07, 6.45) is 0. The van der Waals surface area contributed by atoms with Gasteiger partial charge in [0.25, 0.3) is 0 Å². The van der Waals surface area contributed by atoms with E-state index >= 15 is 0 Å². The first-order valence-corrected chi connectivity index (χ1v) is 17.9. The van der Waals surface area contributed by atoms with Gasteiger partial charge in [0.15, 0.2) is 17.5 Å². The zero-order chi connectivity index (χ0) is 34.9. The molecule has 0 saturated heterocycles. The lowest BCUT2D eigenvalue weighted by Gasteiger charge is -2.23. The van der Waals surface area contributed by atoms with Crippen molar-refractivity contribution in [1.29, 1.82) is 0 Å². The van der Waals surface area contributed by atoms with Crippen molar-refractivity contribution in [2.45, 2.75) is 0 Å². The molecule has 1 aromatic heterocycles. The minimum atomic E-state index is 0.614. The first-order chi connectivity index (χ1) is 26.3. The van der Waals surface area contributed by atoms with Gasteiger partial charge in [0, 0.05) is 27.6 Å². The third-order valence-corrected chi connectivity index (χ3v) is 10.5. The van der Waals surface area contributed by atoms with E-state index in [1.54, 1.807) is 0 Å². The van der Waals surface area contributed by atoms with Crippen molar-refractivity contribution in [2.75, 3.05) is 0 Å². The van der Waals surface area contributed by atoms with Gasteiger partial charge >= 0.3 is 0 Å². The van der Waals surface area contributed by atoms with Gasteiger partial charge in [-0.3, -0.25) is 0 Å². The second-order valence-electron chi connectivity index (χ2n) is 13.5. The van der Waals surface area contributed by atoms with E-state index < -0.39 is 0 Å². The minimum Gasteiger partial charge on any atom is -0.456 e. The molecule has 0 fully saturated rings. The van der Waals surface area contributed by atoms with Crippen molar-refractivity contribution in [3.8, 4) is 67.9 Å². The van der Waals surface area contributed by atoms with E-state index in [-0.39, 0.29) is 0 Å². The van der Waals surface area contributed by atoms with Crippen molar-refractivity contribution < 1.29 is 4.74 Å². The van der Waals surface area contributed by atoms with Gasteiger partial charge in [-0.05, 0) is 84.7 Å². The van der Waals surface area contributed by atoms with Gasteiger partial charge in [-0.1, -0.05) is 146 Å². The van der Waals surface area contributed by atoms with Crippen LogP contribution in [0.4, 0.5) is 0 Å². The lowest BCUT2D eigenvalue weighted by molar-refractivity contribution is 0.487. The summed E-state index contributed by atoms with van der Waals surface area (Å²) in [5.41, 5.74) is 7.26. The third-order valence-electron chi connectivity index (χ3n) is 10.5. The minimum absolute atomic E-state index is 0.614. The maximum absolute atomic E-state index is 6.64. The summed E-state index contributed by atoms with van der Waals surface area (Å²) in [5.74, 6) is 3.55. The molecule has 0 unspecified atom stereocenters. The molecular formula is C49H29N3O. The van der Waals surface area contributed by atoms with Gasteiger partial charge in [-0.25, -0.2) is 15.0 Å². The molecule has 4 heteroatoms. The molecule has 0 radical (unpaired) electrons. The average molecular weight is 676 g/mol. The van der Waals surface area contributed by atoms with Crippen LogP contribution in [-0.2, 0) is 0 Å². The Bertz CT molecular complexity index is 2990. The highest BCUT2D eigenvalue weighted by Gasteiger charge is 2.23. The summed E-state index contributed by atoms with van der Waals surface area (Å²) in [6.45, 7) is 0. The Kier molecular flexibility index (Phi) is 6.52. The molecule has 53 heavy (non-hydrogen) atoms. The Morgan fingerprint density at radius 3 is 1.43 bits per heavy atom. The van der Waals surface area contributed by atoms with E-state index in [1.807, 2.05) is 72.8 Å². The zero-order valence-electron chi connectivity index (χ0n) is 28.5. The number of benzene rings is 9. The fourth-order valence-electron chi connectivity index (χ4n) is 8.04. The SMILES string of the molecule is c1ccc(-c2nc(-c3ccccc3)nc(-c3ccc4c(c3)-c3cccc5c(-c6ccc7c8ccccc8c8ccccc8c7c6)ccc(c35)O4)n2)cc1. The fourth-order valence-corrected chi connectivity index (χ4v) is 8.04. The zero-order valence-corrected chi connectivity index (χ0v) is 28.5. The molecule has 11 rings (SSSR count). The summed E-state index contributed by atoms with van der Waals surface area (Å²) < 4.78 is 6.64. The normalized spacial score (nSPS) is 11.9. The molecule has 0 N–H and O–H groups in total. The Balaban J connectivity index is 1.08. The van der Waals surface area contributed by atoms with Crippen LogP contribution in [0.25, 0.3) is 99.5 Å². The number of ether oxygens (including phenoxy) is 1. The highest BCUT2D eigenvalue weighted by molar-refractivity contribution is 6.26. The molecule has 1 aliphatic rings. The first kappa shape index (κ1) is 29.5. The van der Waals surface area contributed by atoms with Crippen LogP contribution in [-0.4, -0.2) is 15.0 Å². The molecule has 0 atom stereocenters. The summed E-state index contributed by atoms with van der Waals surface area (Å²) in [6, 6.07) is 61.6. The van der Waals surface area contributed by atoms with E-state index in [1.165, 1.54) is 43.4 Å². The molecule has 0 amide bonds. The summed E-state index contributed by atoms with van der Waals surface area (Å²) in [7, 11) is 0. The highest BCUT2D eigenvalue weighted by Crippen LogP contribution is 2.50. The summed E-state index contributed by atoms with van der Waals surface area (Å²) in [5, 5.41) is 9.86. The average Bonchev–Trinajstić information content (AvgIpc) is 3.24. The summed E-state index contributed by atoms with van der Waals surface area (Å²) in [4.78, 5) is 14.9. The van der Waals surface area contributed by atoms with E-state index in [9.17, 15) is 0 Å².